The van der Waals surface area contributed by atoms with Crippen LogP contribution in [0.4, 0.5) is 10.8 Å². The van der Waals surface area contributed by atoms with Crippen LogP contribution in [0.3, 0.4) is 0 Å². The number of nitrogens with zero attached hydrogens (tertiary/aromatic N) is 1. The summed E-state index contributed by atoms with van der Waals surface area (Å²) in [6, 6.07) is 12.6. The topological polar surface area (TPSA) is 114 Å². The number of aromatic nitrogens is 1. The predicted molar refractivity (Wildman–Crippen MR) is 107 cm³/mol. The van der Waals surface area contributed by atoms with E-state index >= 15 is 0 Å². The van der Waals surface area contributed by atoms with Crippen LogP contribution in [0.15, 0.2) is 65.0 Å². The SMILES string of the molecule is O=C1O[C@H](C(=O)Nc2ccc(S(=O)(=O)Nc3nccs3)cc2)Cc2ccccc21. The van der Waals surface area contributed by atoms with Gasteiger partial charge >= 0.3 is 5.97 Å². The van der Waals surface area contributed by atoms with Crippen LogP contribution in [0.2, 0.25) is 0 Å². The number of fused-ring (bicyclic) bond motifs is 1. The Kier molecular flexibility index (Phi) is 5.03. The van der Waals surface area contributed by atoms with Crippen LogP contribution in [0.25, 0.3) is 0 Å². The molecule has 1 aliphatic heterocycles. The van der Waals surface area contributed by atoms with E-state index in [1.165, 1.54) is 41.8 Å². The number of rotatable bonds is 5. The van der Waals surface area contributed by atoms with E-state index in [9.17, 15) is 18.0 Å². The van der Waals surface area contributed by atoms with Crippen molar-refractivity contribution in [2.24, 2.45) is 0 Å². The monoisotopic (exact) mass is 429 g/mol. The number of carbonyl (C=O) groups is 2. The molecule has 1 amide bonds. The summed E-state index contributed by atoms with van der Waals surface area (Å²) >= 11 is 1.17. The first-order chi connectivity index (χ1) is 13.9. The molecule has 2 aromatic carbocycles. The molecule has 4 rings (SSSR count). The van der Waals surface area contributed by atoms with Crippen LogP contribution >= 0.6 is 11.3 Å². The summed E-state index contributed by atoms with van der Waals surface area (Å²) in [5, 5.41) is 4.57. The summed E-state index contributed by atoms with van der Waals surface area (Å²) in [4.78, 5) is 28.5. The molecule has 0 saturated heterocycles. The number of benzene rings is 2. The van der Waals surface area contributed by atoms with Gasteiger partial charge in [-0.05, 0) is 35.9 Å². The molecule has 0 radical (unpaired) electrons. The normalized spacial score (nSPS) is 15.9. The van der Waals surface area contributed by atoms with Crippen molar-refractivity contribution in [3.05, 3.63) is 71.2 Å². The standard InChI is InChI=1S/C19H15N3O5S2/c23-17(16-11-12-3-1-2-4-15(12)18(24)27-16)21-13-5-7-14(8-6-13)29(25,26)22-19-20-9-10-28-19/h1-10,16H,11H2,(H,20,22)(H,21,23)/t16-/m0/s1. The number of sulfonamides is 1. The highest BCUT2D eigenvalue weighted by molar-refractivity contribution is 7.93. The molecule has 10 heteroatoms. The van der Waals surface area contributed by atoms with Crippen LogP contribution in [-0.2, 0) is 26.0 Å². The number of nitrogens with one attached hydrogen (secondary N) is 2. The highest BCUT2D eigenvalue weighted by Crippen LogP contribution is 2.23. The number of anilines is 2. The first-order valence-electron chi connectivity index (χ1n) is 8.54. The Morgan fingerprint density at radius 1 is 1.14 bits per heavy atom. The molecule has 1 aromatic heterocycles. The molecule has 1 atom stereocenters. The Morgan fingerprint density at radius 3 is 2.62 bits per heavy atom. The van der Waals surface area contributed by atoms with Crippen molar-refractivity contribution in [1.82, 2.24) is 4.98 Å². The molecule has 8 nitrogen and oxygen atoms in total. The third kappa shape index (κ3) is 4.13. The van der Waals surface area contributed by atoms with Gasteiger partial charge in [0.15, 0.2) is 11.2 Å². The number of cyclic esters (lactones) is 1. The summed E-state index contributed by atoms with van der Waals surface area (Å²) in [5.74, 6) is -1.02. The van der Waals surface area contributed by atoms with E-state index < -0.39 is 28.0 Å². The molecule has 2 heterocycles. The molecule has 0 bridgehead atoms. The number of hydrogen-bond acceptors (Lipinski definition) is 7. The van der Waals surface area contributed by atoms with Crippen LogP contribution in [0.1, 0.15) is 15.9 Å². The van der Waals surface area contributed by atoms with E-state index in [-0.39, 0.29) is 16.4 Å². The fraction of sp³-hybridized carbons (Fsp3) is 0.105. The Hall–Kier alpha value is -3.24. The van der Waals surface area contributed by atoms with Crippen molar-refractivity contribution in [1.29, 1.82) is 0 Å². The highest BCUT2D eigenvalue weighted by Gasteiger charge is 2.31. The van der Waals surface area contributed by atoms with E-state index in [0.29, 0.717) is 11.3 Å². The van der Waals surface area contributed by atoms with Gasteiger partial charge < -0.3 is 10.1 Å². The average Bonchev–Trinajstić information content (AvgIpc) is 3.20. The fourth-order valence-corrected chi connectivity index (χ4v) is 4.65. The molecule has 0 spiro atoms. The van der Waals surface area contributed by atoms with Crippen molar-refractivity contribution in [2.45, 2.75) is 17.4 Å². The number of amides is 1. The maximum absolute atomic E-state index is 12.5. The summed E-state index contributed by atoms with van der Waals surface area (Å²) in [7, 11) is -3.77. The van der Waals surface area contributed by atoms with Crippen LogP contribution in [0, 0.1) is 0 Å². The molecule has 1 aliphatic rings. The minimum absolute atomic E-state index is 0.0312. The van der Waals surface area contributed by atoms with E-state index in [4.69, 9.17) is 4.74 Å². The number of hydrogen-bond donors (Lipinski definition) is 2. The minimum Gasteiger partial charge on any atom is -0.448 e. The van der Waals surface area contributed by atoms with Crippen molar-refractivity contribution < 1.29 is 22.7 Å². The van der Waals surface area contributed by atoms with Gasteiger partial charge in [-0.3, -0.25) is 9.52 Å². The van der Waals surface area contributed by atoms with Gasteiger partial charge in [0.1, 0.15) is 0 Å². The maximum Gasteiger partial charge on any atom is 0.339 e. The smallest absolute Gasteiger partial charge is 0.339 e. The number of carbonyl (C=O) groups excluding carboxylic acids is 2. The summed E-state index contributed by atoms with van der Waals surface area (Å²) in [6.07, 6.45) is 0.822. The third-order valence-electron chi connectivity index (χ3n) is 4.27. The predicted octanol–water partition coefficient (Wildman–Crippen LogP) is 2.66. The quantitative estimate of drug-likeness (QED) is 0.603. The van der Waals surface area contributed by atoms with E-state index in [0.717, 1.165) is 5.56 Å². The molecule has 2 N–H and O–H groups in total. The van der Waals surface area contributed by atoms with Gasteiger partial charge in [0.2, 0.25) is 0 Å². The average molecular weight is 429 g/mol. The Bertz CT molecular complexity index is 1160. The van der Waals surface area contributed by atoms with Crippen LogP contribution < -0.4 is 10.0 Å². The van der Waals surface area contributed by atoms with Gasteiger partial charge in [-0.1, -0.05) is 18.2 Å². The molecule has 148 valence electrons. The molecule has 0 aliphatic carbocycles. The van der Waals surface area contributed by atoms with Crippen molar-refractivity contribution in [3.63, 3.8) is 0 Å². The van der Waals surface area contributed by atoms with Crippen LogP contribution in [-0.4, -0.2) is 31.4 Å². The third-order valence-corrected chi connectivity index (χ3v) is 6.44. The lowest BCUT2D eigenvalue weighted by Crippen LogP contribution is -2.37. The highest BCUT2D eigenvalue weighted by atomic mass is 32.2. The summed E-state index contributed by atoms with van der Waals surface area (Å²) < 4.78 is 32.3. The maximum atomic E-state index is 12.5. The largest absolute Gasteiger partial charge is 0.448 e. The van der Waals surface area contributed by atoms with E-state index in [1.807, 2.05) is 0 Å². The summed E-state index contributed by atoms with van der Waals surface area (Å²) in [5.41, 5.74) is 1.59. The van der Waals surface area contributed by atoms with Gasteiger partial charge in [0.25, 0.3) is 15.9 Å². The molecular weight excluding hydrogens is 414 g/mol. The van der Waals surface area contributed by atoms with Gasteiger partial charge in [-0.15, -0.1) is 11.3 Å². The van der Waals surface area contributed by atoms with Gasteiger partial charge in [0.05, 0.1) is 10.5 Å². The molecule has 0 fully saturated rings. The second-order valence-electron chi connectivity index (χ2n) is 6.21. The molecule has 29 heavy (non-hydrogen) atoms. The van der Waals surface area contributed by atoms with Gasteiger partial charge in [-0.2, -0.15) is 0 Å². The van der Waals surface area contributed by atoms with Crippen molar-refractivity contribution in [3.8, 4) is 0 Å². The summed E-state index contributed by atoms with van der Waals surface area (Å²) in [6.45, 7) is 0. The minimum atomic E-state index is -3.77. The first-order valence-corrected chi connectivity index (χ1v) is 10.9. The lowest BCUT2D eigenvalue weighted by Gasteiger charge is -2.23. The number of ether oxygens (including phenoxy) is 1. The van der Waals surface area contributed by atoms with Crippen molar-refractivity contribution >= 4 is 44.1 Å². The van der Waals surface area contributed by atoms with Gasteiger partial charge in [-0.25, -0.2) is 18.2 Å². The molecule has 0 saturated carbocycles. The Morgan fingerprint density at radius 2 is 1.90 bits per heavy atom. The van der Waals surface area contributed by atoms with Gasteiger partial charge in [0, 0.05) is 23.7 Å². The molecular formula is C19H15N3O5S2. The Balaban J connectivity index is 1.44. The Labute approximate surface area is 170 Å². The zero-order valence-electron chi connectivity index (χ0n) is 14.9. The zero-order valence-corrected chi connectivity index (χ0v) is 16.5. The second kappa shape index (κ2) is 7.64. The fourth-order valence-electron chi connectivity index (χ4n) is 2.87. The lowest BCUT2D eigenvalue weighted by atomic mass is 9.98. The van der Waals surface area contributed by atoms with Crippen LogP contribution in [0.5, 0.6) is 0 Å². The lowest BCUT2D eigenvalue weighted by molar-refractivity contribution is -0.125. The molecule has 0 unspecified atom stereocenters. The first kappa shape index (κ1) is 19.1. The number of esters is 1. The zero-order chi connectivity index (χ0) is 20.4. The second-order valence-corrected chi connectivity index (χ2v) is 8.79. The number of thiazole rings is 1. The van der Waals surface area contributed by atoms with Crippen molar-refractivity contribution in [2.75, 3.05) is 10.0 Å². The van der Waals surface area contributed by atoms with E-state index in [2.05, 4.69) is 15.0 Å². The van der Waals surface area contributed by atoms with E-state index in [1.54, 1.807) is 29.6 Å². The molecule has 3 aromatic rings.